The van der Waals surface area contributed by atoms with Crippen molar-refractivity contribution < 1.29 is 24.2 Å². The Morgan fingerprint density at radius 2 is 2.00 bits per heavy atom. The minimum atomic E-state index is -1.22. The first-order valence-electron chi connectivity index (χ1n) is 5.45. The van der Waals surface area contributed by atoms with Crippen LogP contribution >= 0.6 is 0 Å². The Balaban J connectivity index is 4.11. The van der Waals surface area contributed by atoms with Crippen LogP contribution in [0.3, 0.4) is 0 Å². The molecule has 0 aliphatic rings. The molecule has 5 N–H and O–H groups in total. The van der Waals surface area contributed by atoms with Gasteiger partial charge in [-0.05, 0) is 13.3 Å². The van der Waals surface area contributed by atoms with E-state index in [-0.39, 0.29) is 25.5 Å². The number of ether oxygens (including phenoxy) is 1. The maximum Gasteiger partial charge on any atom is 0.326 e. The Kier molecular flexibility index (Phi) is 7.45. The summed E-state index contributed by atoms with van der Waals surface area (Å²) in [7, 11) is 1.50. The number of hydrogen-bond donors (Lipinski definition) is 4. The molecule has 0 saturated carbocycles. The predicted octanol–water partition coefficient (Wildman–Crippen LogP) is -0.961. The SMILES string of the molecule is COC(C)CNC(=O)NC(CCC(N)=O)C(=O)O. The summed E-state index contributed by atoms with van der Waals surface area (Å²) in [6, 6.07) is -1.77. The number of urea groups is 1. The van der Waals surface area contributed by atoms with Crippen molar-refractivity contribution in [2.75, 3.05) is 13.7 Å². The topological polar surface area (TPSA) is 131 Å². The molecule has 18 heavy (non-hydrogen) atoms. The molecule has 8 nitrogen and oxygen atoms in total. The number of aliphatic carboxylic acids is 1. The van der Waals surface area contributed by atoms with Gasteiger partial charge in [0.2, 0.25) is 5.91 Å². The standard InChI is InChI=1S/C10H19N3O5/c1-6(18-2)5-12-10(17)13-7(9(15)16)3-4-8(11)14/h6-7H,3-5H2,1-2H3,(H2,11,14)(H,15,16)(H2,12,13,17). The van der Waals surface area contributed by atoms with Crippen LogP contribution in [0, 0.1) is 0 Å². The Labute approximate surface area is 105 Å². The van der Waals surface area contributed by atoms with Crippen LogP contribution in [0.15, 0.2) is 0 Å². The molecule has 0 radical (unpaired) electrons. The third kappa shape index (κ3) is 7.44. The van der Waals surface area contributed by atoms with E-state index in [2.05, 4.69) is 10.6 Å². The van der Waals surface area contributed by atoms with Crippen molar-refractivity contribution in [2.45, 2.75) is 31.9 Å². The Bertz CT molecular complexity index is 308. The number of primary amides is 1. The maximum atomic E-state index is 11.4. The lowest BCUT2D eigenvalue weighted by Crippen LogP contribution is -2.47. The second kappa shape index (κ2) is 8.29. The number of methoxy groups -OCH3 is 1. The molecule has 2 atom stereocenters. The average Bonchev–Trinajstić information content (AvgIpc) is 2.30. The number of carboxylic acids is 1. The lowest BCUT2D eigenvalue weighted by molar-refractivity contribution is -0.139. The first kappa shape index (κ1) is 16.2. The van der Waals surface area contributed by atoms with Gasteiger partial charge in [-0.25, -0.2) is 9.59 Å². The van der Waals surface area contributed by atoms with Crippen LogP contribution in [0.25, 0.3) is 0 Å². The van der Waals surface area contributed by atoms with Crippen molar-refractivity contribution in [3.05, 3.63) is 0 Å². The predicted molar refractivity (Wildman–Crippen MR) is 62.9 cm³/mol. The first-order valence-corrected chi connectivity index (χ1v) is 5.45. The highest BCUT2D eigenvalue weighted by atomic mass is 16.5. The van der Waals surface area contributed by atoms with Crippen molar-refractivity contribution in [1.29, 1.82) is 0 Å². The van der Waals surface area contributed by atoms with Crippen LogP contribution in [0.2, 0.25) is 0 Å². The third-order valence-electron chi connectivity index (χ3n) is 2.24. The van der Waals surface area contributed by atoms with Gasteiger partial charge in [-0.15, -0.1) is 0 Å². The van der Waals surface area contributed by atoms with Crippen molar-refractivity contribution >= 4 is 17.9 Å². The van der Waals surface area contributed by atoms with E-state index >= 15 is 0 Å². The lowest BCUT2D eigenvalue weighted by Gasteiger charge is -2.16. The molecule has 0 aromatic carbocycles. The number of carbonyl (C=O) groups is 3. The second-order valence-corrected chi connectivity index (χ2v) is 3.80. The summed E-state index contributed by atoms with van der Waals surface area (Å²) in [6.45, 7) is 2.01. The molecule has 2 unspecified atom stereocenters. The maximum absolute atomic E-state index is 11.4. The number of carboxylic acid groups (broad SMARTS) is 1. The summed E-state index contributed by atoms with van der Waals surface area (Å²) in [5, 5.41) is 13.5. The van der Waals surface area contributed by atoms with E-state index in [1.807, 2.05) is 0 Å². The van der Waals surface area contributed by atoms with E-state index in [0.717, 1.165) is 0 Å². The van der Waals surface area contributed by atoms with E-state index in [9.17, 15) is 14.4 Å². The van der Waals surface area contributed by atoms with E-state index in [1.165, 1.54) is 7.11 Å². The molecule has 0 bridgehead atoms. The summed E-state index contributed by atoms with van der Waals surface area (Å²) in [5.74, 6) is -1.83. The molecule has 8 heteroatoms. The molecular formula is C10H19N3O5. The molecule has 0 aliphatic heterocycles. The molecule has 0 spiro atoms. The van der Waals surface area contributed by atoms with Crippen molar-refractivity contribution in [1.82, 2.24) is 10.6 Å². The summed E-state index contributed by atoms with van der Waals surface area (Å²) in [6.07, 6.45) is -0.325. The minimum Gasteiger partial charge on any atom is -0.480 e. The van der Waals surface area contributed by atoms with Gasteiger partial charge in [0.25, 0.3) is 0 Å². The molecule has 0 aromatic heterocycles. The van der Waals surface area contributed by atoms with E-state index in [0.29, 0.717) is 0 Å². The molecule has 0 saturated heterocycles. The van der Waals surface area contributed by atoms with Crippen LogP contribution in [0.4, 0.5) is 4.79 Å². The van der Waals surface area contributed by atoms with Gasteiger partial charge < -0.3 is 26.2 Å². The van der Waals surface area contributed by atoms with E-state index in [4.69, 9.17) is 15.6 Å². The van der Waals surface area contributed by atoms with Crippen molar-refractivity contribution in [3.8, 4) is 0 Å². The summed E-state index contributed by atoms with van der Waals surface area (Å²) in [4.78, 5) is 32.7. The fraction of sp³-hybridized carbons (Fsp3) is 0.700. The number of carbonyl (C=O) groups excluding carboxylic acids is 2. The zero-order valence-corrected chi connectivity index (χ0v) is 10.4. The van der Waals surface area contributed by atoms with Gasteiger partial charge in [0.1, 0.15) is 6.04 Å². The molecule has 104 valence electrons. The largest absolute Gasteiger partial charge is 0.480 e. The van der Waals surface area contributed by atoms with Gasteiger partial charge in [-0.1, -0.05) is 0 Å². The molecule has 3 amide bonds. The van der Waals surface area contributed by atoms with Crippen LogP contribution in [0.1, 0.15) is 19.8 Å². The van der Waals surface area contributed by atoms with E-state index in [1.54, 1.807) is 6.92 Å². The van der Waals surface area contributed by atoms with E-state index < -0.39 is 23.9 Å². The number of nitrogens with one attached hydrogen (secondary N) is 2. The summed E-state index contributed by atoms with van der Waals surface area (Å²) in [5.41, 5.74) is 4.91. The molecule has 0 heterocycles. The quantitative estimate of drug-likeness (QED) is 0.447. The normalized spacial score (nSPS) is 13.4. The first-order chi connectivity index (χ1) is 8.36. The summed E-state index contributed by atoms with van der Waals surface area (Å²) < 4.78 is 4.91. The molecule has 0 aromatic rings. The molecule has 0 rings (SSSR count). The third-order valence-corrected chi connectivity index (χ3v) is 2.24. The Morgan fingerprint density at radius 3 is 2.44 bits per heavy atom. The van der Waals surface area contributed by atoms with Crippen molar-refractivity contribution in [3.63, 3.8) is 0 Å². The molecule has 0 aliphatic carbocycles. The van der Waals surface area contributed by atoms with Crippen LogP contribution in [0.5, 0.6) is 0 Å². The number of amides is 3. The van der Waals surface area contributed by atoms with Gasteiger partial charge in [0.15, 0.2) is 0 Å². The number of hydrogen-bond acceptors (Lipinski definition) is 4. The fourth-order valence-corrected chi connectivity index (χ4v) is 1.07. The Morgan fingerprint density at radius 1 is 1.39 bits per heavy atom. The van der Waals surface area contributed by atoms with Gasteiger partial charge >= 0.3 is 12.0 Å². The smallest absolute Gasteiger partial charge is 0.326 e. The number of rotatable bonds is 8. The fourth-order valence-electron chi connectivity index (χ4n) is 1.07. The van der Waals surface area contributed by atoms with Gasteiger partial charge in [-0.3, -0.25) is 4.79 Å². The van der Waals surface area contributed by atoms with Gasteiger partial charge in [-0.2, -0.15) is 0 Å². The molecular weight excluding hydrogens is 242 g/mol. The van der Waals surface area contributed by atoms with Gasteiger partial charge in [0.05, 0.1) is 6.10 Å². The number of nitrogens with two attached hydrogens (primary N) is 1. The zero-order chi connectivity index (χ0) is 14.1. The molecule has 0 fully saturated rings. The second-order valence-electron chi connectivity index (χ2n) is 3.80. The van der Waals surface area contributed by atoms with Crippen LogP contribution < -0.4 is 16.4 Å². The van der Waals surface area contributed by atoms with Crippen LogP contribution in [-0.4, -0.2) is 48.8 Å². The zero-order valence-electron chi connectivity index (χ0n) is 10.4. The highest BCUT2D eigenvalue weighted by Crippen LogP contribution is 1.97. The summed E-state index contributed by atoms with van der Waals surface area (Å²) >= 11 is 0. The average molecular weight is 261 g/mol. The highest BCUT2D eigenvalue weighted by Gasteiger charge is 2.20. The monoisotopic (exact) mass is 261 g/mol. The minimum absolute atomic E-state index is 0.0437. The van der Waals surface area contributed by atoms with Crippen molar-refractivity contribution in [2.24, 2.45) is 5.73 Å². The highest BCUT2D eigenvalue weighted by molar-refractivity contribution is 5.83. The lowest BCUT2D eigenvalue weighted by atomic mass is 10.1. The van der Waals surface area contributed by atoms with Crippen LogP contribution in [-0.2, 0) is 14.3 Å². The Hall–Kier alpha value is -1.83. The van der Waals surface area contributed by atoms with Gasteiger partial charge in [0, 0.05) is 20.1 Å².